The third-order valence-electron chi connectivity index (χ3n) is 3.36. The molecule has 1 amide bonds. The summed E-state index contributed by atoms with van der Waals surface area (Å²) in [5.74, 6) is -0.382. The van der Waals surface area contributed by atoms with Crippen molar-refractivity contribution in [1.29, 1.82) is 0 Å². The van der Waals surface area contributed by atoms with Crippen molar-refractivity contribution in [3.8, 4) is 0 Å². The number of carbonyl (C=O) groups excluding carboxylic acids is 1. The topological polar surface area (TPSA) is 62.0 Å². The van der Waals surface area contributed by atoms with Gasteiger partial charge in [0, 0.05) is 11.4 Å². The van der Waals surface area contributed by atoms with Gasteiger partial charge >= 0.3 is 0 Å². The van der Waals surface area contributed by atoms with Crippen molar-refractivity contribution < 1.29 is 4.79 Å². The summed E-state index contributed by atoms with van der Waals surface area (Å²) in [6, 6.07) is 7.46. The molecule has 0 saturated heterocycles. The fraction of sp³-hybridized carbons (Fsp3) is 0.250. The van der Waals surface area contributed by atoms with Gasteiger partial charge in [-0.25, -0.2) is 0 Å². The molecule has 4 nitrogen and oxygen atoms in total. The number of hydrogen-bond acceptors (Lipinski definition) is 2. The van der Waals surface area contributed by atoms with E-state index in [1.807, 2.05) is 32.0 Å². The Labute approximate surface area is 117 Å². The highest BCUT2D eigenvalue weighted by molar-refractivity contribution is 6.05. The van der Waals surface area contributed by atoms with Crippen LogP contribution in [0.4, 0.5) is 5.69 Å². The molecule has 2 aromatic rings. The summed E-state index contributed by atoms with van der Waals surface area (Å²) in [5.41, 5.74) is 4.17. The summed E-state index contributed by atoms with van der Waals surface area (Å²) < 4.78 is 0. The van der Waals surface area contributed by atoms with Gasteiger partial charge in [0.25, 0.3) is 11.5 Å². The molecular formula is C16H18N2O2. The lowest BCUT2D eigenvalue weighted by Gasteiger charge is -2.09. The van der Waals surface area contributed by atoms with Crippen molar-refractivity contribution in [3.63, 3.8) is 0 Å². The maximum Gasteiger partial charge on any atom is 0.261 e. The number of pyridine rings is 1. The van der Waals surface area contributed by atoms with Gasteiger partial charge < -0.3 is 10.3 Å². The number of aromatic amines is 1. The first-order chi connectivity index (χ1) is 9.38. The zero-order valence-corrected chi connectivity index (χ0v) is 12.1. The summed E-state index contributed by atoms with van der Waals surface area (Å²) in [7, 11) is 0. The number of anilines is 1. The number of benzene rings is 1. The molecule has 2 N–H and O–H groups in total. The molecule has 2 rings (SSSR count). The average Bonchev–Trinajstić information content (AvgIpc) is 2.32. The van der Waals surface area contributed by atoms with E-state index in [0.717, 1.165) is 16.8 Å². The Kier molecular flexibility index (Phi) is 3.74. The second-order valence-electron chi connectivity index (χ2n) is 5.09. The molecule has 1 aromatic carbocycles. The van der Waals surface area contributed by atoms with Crippen LogP contribution in [0.15, 0.2) is 29.1 Å². The van der Waals surface area contributed by atoms with Crippen molar-refractivity contribution >= 4 is 11.6 Å². The van der Waals surface area contributed by atoms with Gasteiger partial charge in [-0.15, -0.1) is 0 Å². The minimum atomic E-state index is -0.382. The quantitative estimate of drug-likeness (QED) is 0.881. The molecule has 4 heteroatoms. The fourth-order valence-electron chi connectivity index (χ4n) is 2.15. The Balaban J connectivity index is 2.33. The zero-order valence-electron chi connectivity index (χ0n) is 12.1. The van der Waals surface area contributed by atoms with Gasteiger partial charge in [-0.2, -0.15) is 0 Å². The molecule has 0 radical (unpaired) electrons. The summed E-state index contributed by atoms with van der Waals surface area (Å²) in [4.78, 5) is 26.8. The maximum absolute atomic E-state index is 12.2. The van der Waals surface area contributed by atoms with Crippen LogP contribution in [-0.4, -0.2) is 10.9 Å². The number of amides is 1. The van der Waals surface area contributed by atoms with Gasteiger partial charge in [-0.1, -0.05) is 6.07 Å². The molecule has 0 aliphatic carbocycles. The minimum absolute atomic E-state index is 0.161. The van der Waals surface area contributed by atoms with Crippen LogP contribution in [0.3, 0.4) is 0 Å². The van der Waals surface area contributed by atoms with Crippen molar-refractivity contribution in [2.45, 2.75) is 27.7 Å². The largest absolute Gasteiger partial charge is 0.326 e. The Morgan fingerprint density at radius 1 is 1.00 bits per heavy atom. The lowest BCUT2D eigenvalue weighted by atomic mass is 10.1. The summed E-state index contributed by atoms with van der Waals surface area (Å²) in [5, 5.41) is 2.77. The molecule has 0 unspecified atom stereocenters. The van der Waals surface area contributed by atoms with Crippen LogP contribution in [-0.2, 0) is 0 Å². The second kappa shape index (κ2) is 5.33. The standard InChI is InChI=1S/C16H18N2O2/c1-9-5-6-13(8-10(9)2)18-16(20)14-11(3)7-12(4)17-15(14)19/h5-8H,1-4H3,(H,17,19)(H,18,20). The monoisotopic (exact) mass is 270 g/mol. The van der Waals surface area contributed by atoms with E-state index in [9.17, 15) is 9.59 Å². The molecule has 0 aliphatic heterocycles. The first kappa shape index (κ1) is 14.1. The summed E-state index contributed by atoms with van der Waals surface area (Å²) >= 11 is 0. The number of carbonyl (C=O) groups is 1. The van der Waals surface area contributed by atoms with Crippen molar-refractivity contribution in [1.82, 2.24) is 4.98 Å². The third kappa shape index (κ3) is 2.79. The van der Waals surface area contributed by atoms with Crippen LogP contribution >= 0.6 is 0 Å². The van der Waals surface area contributed by atoms with E-state index in [2.05, 4.69) is 10.3 Å². The maximum atomic E-state index is 12.2. The molecule has 1 heterocycles. The molecule has 0 aliphatic rings. The molecule has 0 fully saturated rings. The molecule has 0 spiro atoms. The lowest BCUT2D eigenvalue weighted by Crippen LogP contribution is -2.25. The van der Waals surface area contributed by atoms with E-state index < -0.39 is 0 Å². The number of aromatic nitrogens is 1. The van der Waals surface area contributed by atoms with E-state index in [-0.39, 0.29) is 17.0 Å². The van der Waals surface area contributed by atoms with Crippen LogP contribution in [0.5, 0.6) is 0 Å². The van der Waals surface area contributed by atoms with E-state index in [1.54, 1.807) is 19.9 Å². The summed E-state index contributed by atoms with van der Waals surface area (Å²) in [6.07, 6.45) is 0. The molecule has 0 bridgehead atoms. The van der Waals surface area contributed by atoms with Crippen molar-refractivity contribution in [3.05, 3.63) is 62.6 Å². The minimum Gasteiger partial charge on any atom is -0.326 e. The van der Waals surface area contributed by atoms with Crippen molar-refractivity contribution in [2.75, 3.05) is 5.32 Å². The number of rotatable bonds is 2. The molecule has 104 valence electrons. The van der Waals surface area contributed by atoms with E-state index in [0.29, 0.717) is 11.3 Å². The Hall–Kier alpha value is -2.36. The van der Waals surface area contributed by atoms with Gasteiger partial charge in [-0.05, 0) is 62.6 Å². The van der Waals surface area contributed by atoms with Crippen LogP contribution < -0.4 is 10.9 Å². The molecule has 1 aromatic heterocycles. The molecule has 0 atom stereocenters. The van der Waals surface area contributed by atoms with Crippen LogP contribution in [0.1, 0.15) is 32.7 Å². The molecule has 0 saturated carbocycles. The number of hydrogen-bond donors (Lipinski definition) is 2. The van der Waals surface area contributed by atoms with Gasteiger partial charge in [0.1, 0.15) is 5.56 Å². The Bertz CT molecular complexity index is 730. The molecular weight excluding hydrogens is 252 g/mol. The van der Waals surface area contributed by atoms with E-state index >= 15 is 0 Å². The number of aryl methyl sites for hydroxylation is 4. The smallest absolute Gasteiger partial charge is 0.261 e. The second-order valence-corrected chi connectivity index (χ2v) is 5.09. The number of H-pyrrole nitrogens is 1. The molecule has 20 heavy (non-hydrogen) atoms. The Morgan fingerprint density at radius 3 is 2.30 bits per heavy atom. The highest BCUT2D eigenvalue weighted by Crippen LogP contribution is 2.15. The normalized spacial score (nSPS) is 10.4. The first-order valence-corrected chi connectivity index (χ1v) is 6.47. The third-order valence-corrected chi connectivity index (χ3v) is 3.36. The highest BCUT2D eigenvalue weighted by atomic mass is 16.2. The Morgan fingerprint density at radius 2 is 1.70 bits per heavy atom. The zero-order chi connectivity index (χ0) is 14.9. The predicted octanol–water partition coefficient (Wildman–Crippen LogP) is 2.86. The van der Waals surface area contributed by atoms with Crippen LogP contribution in [0.2, 0.25) is 0 Å². The lowest BCUT2D eigenvalue weighted by molar-refractivity contribution is 0.102. The van der Waals surface area contributed by atoms with E-state index in [4.69, 9.17) is 0 Å². The summed E-state index contributed by atoms with van der Waals surface area (Å²) in [6.45, 7) is 7.54. The first-order valence-electron chi connectivity index (χ1n) is 6.47. The van der Waals surface area contributed by atoms with Gasteiger partial charge in [0.15, 0.2) is 0 Å². The fourth-order valence-corrected chi connectivity index (χ4v) is 2.15. The van der Waals surface area contributed by atoms with E-state index in [1.165, 1.54) is 0 Å². The highest BCUT2D eigenvalue weighted by Gasteiger charge is 2.14. The van der Waals surface area contributed by atoms with Gasteiger partial charge in [-0.3, -0.25) is 9.59 Å². The average molecular weight is 270 g/mol. The van der Waals surface area contributed by atoms with Crippen LogP contribution in [0, 0.1) is 27.7 Å². The SMILES string of the molecule is Cc1cc(C)c(C(=O)Nc2ccc(C)c(C)c2)c(=O)[nH]1. The van der Waals surface area contributed by atoms with Crippen molar-refractivity contribution in [2.24, 2.45) is 0 Å². The van der Waals surface area contributed by atoms with Gasteiger partial charge in [0.05, 0.1) is 0 Å². The predicted molar refractivity (Wildman–Crippen MR) is 80.4 cm³/mol. The number of nitrogens with one attached hydrogen (secondary N) is 2. The van der Waals surface area contributed by atoms with Gasteiger partial charge in [0.2, 0.25) is 0 Å². The van der Waals surface area contributed by atoms with Crippen LogP contribution in [0.25, 0.3) is 0 Å².